The molecule has 2 rings (SSSR count). The average Bonchev–Trinajstić information content (AvgIpc) is 2.85. The molecule has 92 valence electrons. The molecule has 0 aliphatic carbocycles. The number of carbonyl (C=O) groups excluding carboxylic acids is 1. The Morgan fingerprint density at radius 2 is 2.17 bits per heavy atom. The number of benzene rings is 1. The van der Waals surface area contributed by atoms with E-state index in [2.05, 4.69) is 15.5 Å². The topological polar surface area (TPSA) is 57.8 Å². The minimum absolute atomic E-state index is 0.169. The Morgan fingerprint density at radius 3 is 2.89 bits per heavy atom. The summed E-state index contributed by atoms with van der Waals surface area (Å²) in [6.07, 6.45) is 5.83. The van der Waals surface area contributed by atoms with Crippen LogP contribution in [0.4, 0.5) is 5.82 Å². The largest absolute Gasteiger partial charge is 0.307 e. The van der Waals surface area contributed by atoms with Gasteiger partial charge in [-0.25, -0.2) is 0 Å². The van der Waals surface area contributed by atoms with Crippen molar-refractivity contribution in [2.45, 2.75) is 13.3 Å². The number of H-pyrrole nitrogens is 1. The molecule has 1 heterocycles. The first-order valence-electron chi connectivity index (χ1n) is 5.86. The van der Waals surface area contributed by atoms with E-state index >= 15 is 0 Å². The monoisotopic (exact) mass is 241 g/mol. The summed E-state index contributed by atoms with van der Waals surface area (Å²) in [6, 6.07) is 9.69. The lowest BCUT2D eigenvalue weighted by Crippen LogP contribution is -2.09. The van der Waals surface area contributed by atoms with Gasteiger partial charge in [0.05, 0.1) is 6.20 Å². The number of nitrogens with one attached hydrogen (secondary N) is 2. The van der Waals surface area contributed by atoms with Gasteiger partial charge < -0.3 is 5.32 Å². The highest BCUT2D eigenvalue weighted by Crippen LogP contribution is 2.11. The van der Waals surface area contributed by atoms with Crippen LogP contribution >= 0.6 is 0 Å². The Labute approximate surface area is 106 Å². The molecule has 4 nitrogen and oxygen atoms in total. The van der Waals surface area contributed by atoms with E-state index in [-0.39, 0.29) is 5.91 Å². The van der Waals surface area contributed by atoms with E-state index in [0.29, 0.717) is 5.82 Å². The van der Waals surface area contributed by atoms with Crippen molar-refractivity contribution in [3.63, 3.8) is 0 Å². The average molecular weight is 241 g/mol. The number of rotatable bonds is 4. The second kappa shape index (κ2) is 5.82. The van der Waals surface area contributed by atoms with Gasteiger partial charge in [-0.2, -0.15) is 5.10 Å². The van der Waals surface area contributed by atoms with E-state index in [1.54, 1.807) is 12.3 Å². The smallest absolute Gasteiger partial charge is 0.249 e. The Kier molecular flexibility index (Phi) is 3.91. The van der Waals surface area contributed by atoms with E-state index in [4.69, 9.17) is 0 Å². The molecule has 0 radical (unpaired) electrons. The summed E-state index contributed by atoms with van der Waals surface area (Å²) in [5.74, 6) is 0.498. The molecule has 2 N–H and O–H groups in total. The van der Waals surface area contributed by atoms with E-state index in [9.17, 15) is 4.79 Å². The lowest BCUT2D eigenvalue weighted by Gasteiger charge is -2.00. The first kappa shape index (κ1) is 12.1. The van der Waals surface area contributed by atoms with Crippen LogP contribution in [-0.2, 0) is 11.2 Å². The zero-order chi connectivity index (χ0) is 12.8. The van der Waals surface area contributed by atoms with E-state index in [1.165, 1.54) is 6.08 Å². The number of nitrogens with zero attached hydrogens (tertiary/aromatic N) is 1. The van der Waals surface area contributed by atoms with Crippen LogP contribution in [-0.4, -0.2) is 16.1 Å². The van der Waals surface area contributed by atoms with Crippen molar-refractivity contribution in [2.75, 3.05) is 5.32 Å². The fourth-order valence-electron chi connectivity index (χ4n) is 1.59. The van der Waals surface area contributed by atoms with Crippen LogP contribution in [0.3, 0.4) is 0 Å². The third-order valence-electron chi connectivity index (χ3n) is 2.57. The van der Waals surface area contributed by atoms with Crippen LogP contribution in [0.25, 0.3) is 6.08 Å². The molecule has 0 saturated carbocycles. The molecule has 0 atom stereocenters. The number of aryl methyl sites for hydroxylation is 1. The Morgan fingerprint density at radius 1 is 1.39 bits per heavy atom. The van der Waals surface area contributed by atoms with Gasteiger partial charge in [0.2, 0.25) is 5.91 Å². The number of amides is 1. The summed E-state index contributed by atoms with van der Waals surface area (Å²) in [5, 5.41) is 9.44. The van der Waals surface area contributed by atoms with Crippen LogP contribution in [0.1, 0.15) is 18.1 Å². The van der Waals surface area contributed by atoms with Crippen LogP contribution in [0.5, 0.6) is 0 Å². The molecule has 0 aliphatic heterocycles. The molecule has 18 heavy (non-hydrogen) atoms. The van der Waals surface area contributed by atoms with Crippen molar-refractivity contribution < 1.29 is 4.79 Å². The van der Waals surface area contributed by atoms with Gasteiger partial charge >= 0.3 is 0 Å². The number of hydrogen-bond acceptors (Lipinski definition) is 2. The van der Waals surface area contributed by atoms with Crippen LogP contribution < -0.4 is 5.32 Å². The van der Waals surface area contributed by atoms with Gasteiger partial charge in [0.15, 0.2) is 0 Å². The first-order chi connectivity index (χ1) is 8.79. The van der Waals surface area contributed by atoms with Crippen LogP contribution in [0, 0.1) is 0 Å². The van der Waals surface area contributed by atoms with Gasteiger partial charge in [0.1, 0.15) is 5.82 Å². The summed E-state index contributed by atoms with van der Waals surface area (Å²) in [4.78, 5) is 11.7. The van der Waals surface area contributed by atoms with Gasteiger partial charge in [-0.1, -0.05) is 37.3 Å². The highest BCUT2D eigenvalue weighted by molar-refractivity contribution is 6.01. The molecular formula is C14H15N3O. The number of aromatic nitrogens is 2. The second-order valence-corrected chi connectivity index (χ2v) is 3.86. The fourth-order valence-corrected chi connectivity index (χ4v) is 1.59. The minimum atomic E-state index is -0.169. The van der Waals surface area contributed by atoms with Gasteiger partial charge in [0, 0.05) is 11.6 Å². The van der Waals surface area contributed by atoms with E-state index in [0.717, 1.165) is 17.5 Å². The summed E-state index contributed by atoms with van der Waals surface area (Å²) < 4.78 is 0. The Bertz CT molecular complexity index is 543. The second-order valence-electron chi connectivity index (χ2n) is 3.86. The SMILES string of the molecule is CCc1cn[nH]c1NC(=O)/C=C/c1ccccc1. The normalized spacial score (nSPS) is 10.7. The molecule has 1 aromatic carbocycles. The number of aromatic amines is 1. The summed E-state index contributed by atoms with van der Waals surface area (Å²) >= 11 is 0. The number of hydrogen-bond donors (Lipinski definition) is 2. The van der Waals surface area contributed by atoms with Crippen molar-refractivity contribution in [3.05, 3.63) is 53.7 Å². The fraction of sp³-hybridized carbons (Fsp3) is 0.143. The molecule has 1 amide bonds. The third-order valence-corrected chi connectivity index (χ3v) is 2.57. The predicted molar refractivity (Wildman–Crippen MR) is 72.1 cm³/mol. The predicted octanol–water partition coefficient (Wildman–Crippen LogP) is 2.62. The van der Waals surface area contributed by atoms with Crippen molar-refractivity contribution in [3.8, 4) is 0 Å². The highest BCUT2D eigenvalue weighted by atomic mass is 16.1. The van der Waals surface area contributed by atoms with Crippen molar-refractivity contribution in [1.82, 2.24) is 10.2 Å². The molecule has 4 heteroatoms. The third kappa shape index (κ3) is 3.07. The van der Waals surface area contributed by atoms with Gasteiger partial charge in [-0.3, -0.25) is 9.89 Å². The van der Waals surface area contributed by atoms with Gasteiger partial charge in [-0.05, 0) is 18.1 Å². The number of anilines is 1. The Balaban J connectivity index is 1.99. The first-order valence-corrected chi connectivity index (χ1v) is 5.86. The maximum atomic E-state index is 11.7. The molecular weight excluding hydrogens is 226 g/mol. The summed E-state index contributed by atoms with van der Waals surface area (Å²) in [6.45, 7) is 2.01. The molecule has 0 aliphatic rings. The summed E-state index contributed by atoms with van der Waals surface area (Å²) in [7, 11) is 0. The van der Waals surface area contributed by atoms with E-state index < -0.39 is 0 Å². The molecule has 0 spiro atoms. The maximum Gasteiger partial charge on any atom is 0.249 e. The molecule has 2 aromatic rings. The van der Waals surface area contributed by atoms with Crippen LogP contribution in [0.15, 0.2) is 42.6 Å². The zero-order valence-corrected chi connectivity index (χ0v) is 10.2. The van der Waals surface area contributed by atoms with Crippen molar-refractivity contribution in [2.24, 2.45) is 0 Å². The molecule has 0 fully saturated rings. The van der Waals surface area contributed by atoms with Crippen LogP contribution in [0.2, 0.25) is 0 Å². The Hall–Kier alpha value is -2.36. The van der Waals surface area contributed by atoms with Gasteiger partial charge in [0.25, 0.3) is 0 Å². The standard InChI is InChI=1S/C14H15N3O/c1-2-12-10-15-17-14(12)16-13(18)9-8-11-6-4-3-5-7-11/h3-10H,2H2,1H3,(H2,15,16,17,18)/b9-8+. The molecule has 0 unspecified atom stereocenters. The lowest BCUT2D eigenvalue weighted by atomic mass is 10.2. The maximum absolute atomic E-state index is 11.7. The van der Waals surface area contributed by atoms with E-state index in [1.807, 2.05) is 37.3 Å². The van der Waals surface area contributed by atoms with Crippen molar-refractivity contribution in [1.29, 1.82) is 0 Å². The lowest BCUT2D eigenvalue weighted by molar-refractivity contribution is -0.111. The molecule has 0 saturated heterocycles. The minimum Gasteiger partial charge on any atom is -0.307 e. The van der Waals surface area contributed by atoms with Gasteiger partial charge in [-0.15, -0.1) is 0 Å². The number of carbonyl (C=O) groups is 1. The summed E-state index contributed by atoms with van der Waals surface area (Å²) in [5.41, 5.74) is 1.99. The molecule has 1 aromatic heterocycles. The zero-order valence-electron chi connectivity index (χ0n) is 10.2. The van der Waals surface area contributed by atoms with Crippen molar-refractivity contribution >= 4 is 17.8 Å². The molecule has 0 bridgehead atoms. The highest BCUT2D eigenvalue weighted by Gasteiger charge is 2.04. The quantitative estimate of drug-likeness (QED) is 0.808.